The molecule has 0 heterocycles. The van der Waals surface area contributed by atoms with Gasteiger partial charge in [-0.05, 0) is 44.6 Å². The van der Waals surface area contributed by atoms with Crippen LogP contribution in [0.15, 0.2) is 17.0 Å². The highest BCUT2D eigenvalue weighted by molar-refractivity contribution is 7.89. The molecule has 8 heteroatoms. The maximum absolute atomic E-state index is 12.2. The maximum atomic E-state index is 12.2. The van der Waals surface area contributed by atoms with E-state index in [-0.39, 0.29) is 27.6 Å². The van der Waals surface area contributed by atoms with E-state index in [2.05, 4.69) is 10.0 Å². The first-order valence-electron chi connectivity index (χ1n) is 5.97. The minimum absolute atomic E-state index is 0.0728. The van der Waals surface area contributed by atoms with E-state index in [0.29, 0.717) is 13.0 Å². The highest BCUT2D eigenvalue weighted by Gasteiger charge is 2.21. The highest BCUT2D eigenvalue weighted by atomic mass is 35.5. The summed E-state index contributed by atoms with van der Waals surface area (Å²) in [6.07, 6.45) is 0.626. The molecule has 0 bridgehead atoms. The van der Waals surface area contributed by atoms with Crippen LogP contribution in [0.3, 0.4) is 0 Å². The van der Waals surface area contributed by atoms with Crippen LogP contribution in [0, 0.1) is 6.92 Å². The second-order valence-corrected chi connectivity index (χ2v) is 6.41. The summed E-state index contributed by atoms with van der Waals surface area (Å²) in [6.45, 7) is 2.39. The van der Waals surface area contributed by atoms with Crippen LogP contribution in [0.5, 0.6) is 0 Å². The van der Waals surface area contributed by atoms with Gasteiger partial charge < -0.3 is 10.4 Å². The number of hydrogen-bond donors (Lipinski definition) is 3. The van der Waals surface area contributed by atoms with Crippen molar-refractivity contribution in [2.75, 3.05) is 20.1 Å². The molecule has 0 amide bonds. The fourth-order valence-electron chi connectivity index (χ4n) is 1.70. The molecule has 20 heavy (non-hydrogen) atoms. The summed E-state index contributed by atoms with van der Waals surface area (Å²) >= 11 is 5.79. The number of carboxylic acids is 1. The van der Waals surface area contributed by atoms with Gasteiger partial charge in [0.1, 0.15) is 0 Å². The zero-order valence-electron chi connectivity index (χ0n) is 11.2. The normalized spacial score (nSPS) is 11.6. The van der Waals surface area contributed by atoms with Gasteiger partial charge in [-0.3, -0.25) is 0 Å². The average molecular weight is 321 g/mol. The van der Waals surface area contributed by atoms with E-state index in [1.807, 2.05) is 0 Å². The summed E-state index contributed by atoms with van der Waals surface area (Å²) in [5, 5.41) is 12.0. The van der Waals surface area contributed by atoms with E-state index in [9.17, 15) is 13.2 Å². The van der Waals surface area contributed by atoms with Gasteiger partial charge in [-0.1, -0.05) is 11.6 Å². The Morgan fingerprint density at radius 3 is 2.55 bits per heavy atom. The molecule has 0 fully saturated rings. The first-order valence-corrected chi connectivity index (χ1v) is 7.83. The van der Waals surface area contributed by atoms with Gasteiger partial charge in [0, 0.05) is 11.6 Å². The lowest BCUT2D eigenvalue weighted by atomic mass is 10.1. The molecule has 0 radical (unpaired) electrons. The molecule has 0 saturated carbocycles. The van der Waals surface area contributed by atoms with Gasteiger partial charge in [-0.2, -0.15) is 0 Å². The van der Waals surface area contributed by atoms with E-state index in [4.69, 9.17) is 16.7 Å². The quantitative estimate of drug-likeness (QED) is 0.657. The zero-order chi connectivity index (χ0) is 15.3. The van der Waals surface area contributed by atoms with Crippen molar-refractivity contribution in [2.24, 2.45) is 0 Å². The van der Waals surface area contributed by atoms with Crippen molar-refractivity contribution in [3.63, 3.8) is 0 Å². The zero-order valence-corrected chi connectivity index (χ0v) is 12.8. The Hall–Kier alpha value is -1.15. The number of carbonyl (C=O) groups is 1. The summed E-state index contributed by atoms with van der Waals surface area (Å²) in [6, 6.07) is 2.49. The minimum Gasteiger partial charge on any atom is -0.478 e. The second-order valence-electron chi connectivity index (χ2n) is 4.24. The molecule has 0 aliphatic carbocycles. The summed E-state index contributed by atoms with van der Waals surface area (Å²) < 4.78 is 26.7. The minimum atomic E-state index is -3.78. The molecule has 1 aromatic carbocycles. The smallest absolute Gasteiger partial charge is 0.336 e. The molecular formula is C12H17ClN2O4S. The molecule has 0 aliphatic rings. The first kappa shape index (κ1) is 16.9. The molecule has 0 spiro atoms. The summed E-state index contributed by atoms with van der Waals surface area (Å²) in [5.41, 5.74) is 0.0520. The Morgan fingerprint density at radius 2 is 2.00 bits per heavy atom. The van der Waals surface area contributed by atoms with Crippen LogP contribution in [0.1, 0.15) is 22.3 Å². The standard InChI is InChI=1S/C12H17ClN2O4S/c1-8-10(12(16)17)6-9(13)7-11(8)20(18,19)15-5-3-4-14-2/h6-7,14-15H,3-5H2,1-2H3,(H,16,17). The molecule has 0 unspecified atom stereocenters. The van der Waals surface area contributed by atoms with E-state index < -0.39 is 16.0 Å². The molecule has 0 atom stereocenters. The van der Waals surface area contributed by atoms with Crippen molar-refractivity contribution in [1.82, 2.24) is 10.0 Å². The largest absolute Gasteiger partial charge is 0.478 e. The number of hydrogen-bond acceptors (Lipinski definition) is 4. The number of nitrogens with one attached hydrogen (secondary N) is 2. The van der Waals surface area contributed by atoms with E-state index in [0.717, 1.165) is 0 Å². The molecule has 1 aromatic rings. The lowest BCUT2D eigenvalue weighted by molar-refractivity contribution is 0.0696. The van der Waals surface area contributed by atoms with Gasteiger partial charge in [0.2, 0.25) is 10.0 Å². The Labute approximate surface area is 123 Å². The number of carboxylic acid groups (broad SMARTS) is 1. The SMILES string of the molecule is CNCCCNS(=O)(=O)c1cc(Cl)cc(C(=O)O)c1C. The molecule has 6 nitrogen and oxygen atoms in total. The summed E-state index contributed by atoms with van der Waals surface area (Å²) in [4.78, 5) is 11.0. The van der Waals surface area contributed by atoms with Crippen molar-refractivity contribution >= 4 is 27.6 Å². The number of aromatic carboxylic acids is 1. The molecular weight excluding hydrogens is 304 g/mol. The number of benzene rings is 1. The fraction of sp³-hybridized carbons (Fsp3) is 0.417. The average Bonchev–Trinajstić information content (AvgIpc) is 2.36. The van der Waals surface area contributed by atoms with Crippen molar-refractivity contribution in [3.8, 4) is 0 Å². The fourth-order valence-corrected chi connectivity index (χ4v) is 3.35. The summed E-state index contributed by atoms with van der Waals surface area (Å²) in [5.74, 6) is -1.21. The van der Waals surface area contributed by atoms with Crippen molar-refractivity contribution in [3.05, 3.63) is 28.3 Å². The van der Waals surface area contributed by atoms with Crippen LogP contribution in [0.4, 0.5) is 0 Å². The molecule has 1 rings (SSSR count). The molecule has 0 aliphatic heterocycles. The van der Waals surface area contributed by atoms with E-state index >= 15 is 0 Å². The molecule has 112 valence electrons. The van der Waals surface area contributed by atoms with Crippen LogP contribution in [-0.2, 0) is 10.0 Å². The van der Waals surface area contributed by atoms with Crippen LogP contribution >= 0.6 is 11.6 Å². The number of sulfonamides is 1. The number of rotatable bonds is 7. The van der Waals surface area contributed by atoms with Gasteiger partial charge in [0.05, 0.1) is 10.5 Å². The lowest BCUT2D eigenvalue weighted by Gasteiger charge is -2.11. The van der Waals surface area contributed by atoms with Crippen LogP contribution in [0.25, 0.3) is 0 Å². The summed E-state index contributed by atoms with van der Waals surface area (Å²) in [7, 11) is -2.00. The Bertz CT molecular complexity index is 602. The third-order valence-electron chi connectivity index (χ3n) is 2.74. The monoisotopic (exact) mass is 320 g/mol. The van der Waals surface area contributed by atoms with Gasteiger partial charge >= 0.3 is 5.97 Å². The first-order chi connectivity index (χ1) is 9.29. The highest BCUT2D eigenvalue weighted by Crippen LogP contribution is 2.24. The maximum Gasteiger partial charge on any atom is 0.336 e. The predicted octanol–water partition coefficient (Wildman–Crippen LogP) is 1.23. The second kappa shape index (κ2) is 7.03. The Balaban J connectivity index is 3.09. The van der Waals surface area contributed by atoms with Crippen molar-refractivity contribution in [1.29, 1.82) is 0 Å². The van der Waals surface area contributed by atoms with Crippen molar-refractivity contribution < 1.29 is 18.3 Å². The van der Waals surface area contributed by atoms with Gasteiger partial charge in [0.25, 0.3) is 0 Å². The van der Waals surface area contributed by atoms with Gasteiger partial charge in [0.15, 0.2) is 0 Å². The third-order valence-corrected chi connectivity index (χ3v) is 4.55. The number of halogens is 1. The predicted molar refractivity (Wildman–Crippen MR) is 76.9 cm³/mol. The lowest BCUT2D eigenvalue weighted by Crippen LogP contribution is -2.27. The van der Waals surface area contributed by atoms with Gasteiger partial charge in [-0.25, -0.2) is 17.9 Å². The molecule has 0 saturated heterocycles. The van der Waals surface area contributed by atoms with Gasteiger partial charge in [-0.15, -0.1) is 0 Å². The van der Waals surface area contributed by atoms with Crippen LogP contribution in [-0.4, -0.2) is 39.6 Å². The van der Waals surface area contributed by atoms with Crippen molar-refractivity contribution in [2.45, 2.75) is 18.2 Å². The van der Waals surface area contributed by atoms with E-state index in [1.54, 1.807) is 7.05 Å². The molecule has 3 N–H and O–H groups in total. The third kappa shape index (κ3) is 4.17. The van der Waals surface area contributed by atoms with Crippen LogP contribution in [0.2, 0.25) is 5.02 Å². The Kier molecular flexibility index (Phi) is 5.94. The molecule has 0 aromatic heterocycles. The Morgan fingerprint density at radius 1 is 1.35 bits per heavy atom. The topological polar surface area (TPSA) is 95.5 Å². The van der Waals surface area contributed by atoms with E-state index in [1.165, 1.54) is 19.1 Å². The van der Waals surface area contributed by atoms with Crippen LogP contribution < -0.4 is 10.0 Å².